The Balaban J connectivity index is 0.000000112. The largest absolute Gasteiger partial charge is 0.461 e. The van der Waals surface area contributed by atoms with Gasteiger partial charge >= 0.3 is 0 Å². The Morgan fingerprint density at radius 3 is 1.29 bits per heavy atom. The molecule has 1 aromatic carbocycles. The van der Waals surface area contributed by atoms with Gasteiger partial charge in [0.2, 0.25) is 0 Å². The number of rotatable bonds is 0. The molecule has 0 aliphatic heterocycles. The first-order valence-electron chi connectivity index (χ1n) is 4.37. The molecule has 0 bridgehead atoms. The highest BCUT2D eigenvalue weighted by atomic mass is 16.4. The Hall–Kier alpha value is -1.96. The van der Waals surface area contributed by atoms with Crippen molar-refractivity contribution >= 4 is 11.2 Å². The quantitative estimate of drug-likeness (QED) is 0.535. The second-order valence-electron chi connectivity index (χ2n) is 2.72. The summed E-state index contributed by atoms with van der Waals surface area (Å²) in [4.78, 5) is 0. The molecule has 0 atom stereocenters. The average molecular weight is 186 g/mol. The van der Waals surface area contributed by atoms with Crippen LogP contribution in [0.4, 0.5) is 0 Å². The standard InChI is InChI=1S/C6H4O2.C6H6/c1-3-7-6-2-4-8-5(1)6;1-2-4-6-5-3-1/h1-4H;1-6H. The van der Waals surface area contributed by atoms with Crippen LogP contribution in [0.2, 0.25) is 0 Å². The van der Waals surface area contributed by atoms with Gasteiger partial charge in [0.15, 0.2) is 11.2 Å². The van der Waals surface area contributed by atoms with Gasteiger partial charge in [0.1, 0.15) is 0 Å². The molecule has 0 spiro atoms. The van der Waals surface area contributed by atoms with Crippen LogP contribution >= 0.6 is 0 Å². The summed E-state index contributed by atoms with van der Waals surface area (Å²) in [7, 11) is 0. The van der Waals surface area contributed by atoms with Gasteiger partial charge in [-0.05, 0) is 0 Å². The van der Waals surface area contributed by atoms with E-state index in [1.807, 2.05) is 36.4 Å². The Bertz CT molecular complexity index is 387. The maximum Gasteiger partial charge on any atom is 0.172 e. The van der Waals surface area contributed by atoms with Crippen LogP contribution in [-0.2, 0) is 0 Å². The van der Waals surface area contributed by atoms with E-state index < -0.39 is 0 Å². The van der Waals surface area contributed by atoms with Crippen LogP contribution in [0.3, 0.4) is 0 Å². The number of hydrogen-bond acceptors (Lipinski definition) is 2. The molecule has 0 aliphatic carbocycles. The summed E-state index contributed by atoms with van der Waals surface area (Å²) in [6.07, 6.45) is 3.21. The molecule has 2 aromatic heterocycles. The first-order chi connectivity index (χ1) is 6.97. The predicted molar refractivity (Wildman–Crippen MR) is 54.9 cm³/mol. The molecule has 0 saturated carbocycles. The molecule has 0 unspecified atom stereocenters. The van der Waals surface area contributed by atoms with E-state index in [1.54, 1.807) is 24.7 Å². The third-order valence-corrected chi connectivity index (χ3v) is 1.74. The van der Waals surface area contributed by atoms with E-state index >= 15 is 0 Å². The topological polar surface area (TPSA) is 26.3 Å². The zero-order valence-corrected chi connectivity index (χ0v) is 7.59. The van der Waals surface area contributed by atoms with Gasteiger partial charge in [-0.2, -0.15) is 0 Å². The summed E-state index contributed by atoms with van der Waals surface area (Å²) in [5.41, 5.74) is 1.62. The molecular weight excluding hydrogens is 176 g/mol. The van der Waals surface area contributed by atoms with Crippen LogP contribution in [0.25, 0.3) is 11.2 Å². The molecule has 0 N–H and O–H groups in total. The van der Waals surface area contributed by atoms with Gasteiger partial charge in [-0.15, -0.1) is 0 Å². The minimum atomic E-state index is 0.810. The van der Waals surface area contributed by atoms with Crippen molar-refractivity contribution in [1.82, 2.24) is 0 Å². The monoisotopic (exact) mass is 186 g/mol. The van der Waals surface area contributed by atoms with Gasteiger partial charge in [-0.1, -0.05) is 36.4 Å². The van der Waals surface area contributed by atoms with E-state index in [4.69, 9.17) is 8.83 Å². The molecule has 0 radical (unpaired) electrons. The summed E-state index contributed by atoms with van der Waals surface area (Å²) >= 11 is 0. The van der Waals surface area contributed by atoms with Gasteiger partial charge in [0, 0.05) is 12.1 Å². The maximum atomic E-state index is 4.96. The summed E-state index contributed by atoms with van der Waals surface area (Å²) in [6, 6.07) is 15.6. The number of furan rings is 2. The van der Waals surface area contributed by atoms with Crippen LogP contribution in [0.15, 0.2) is 69.9 Å². The van der Waals surface area contributed by atoms with Crippen molar-refractivity contribution < 1.29 is 8.83 Å². The molecule has 0 fully saturated rings. The molecule has 0 amide bonds. The van der Waals surface area contributed by atoms with Crippen LogP contribution < -0.4 is 0 Å². The summed E-state index contributed by atoms with van der Waals surface area (Å²) < 4.78 is 9.93. The fourth-order valence-corrected chi connectivity index (χ4v) is 1.08. The van der Waals surface area contributed by atoms with E-state index in [0.717, 1.165) is 11.2 Å². The van der Waals surface area contributed by atoms with Crippen LogP contribution in [0, 0.1) is 0 Å². The zero-order valence-electron chi connectivity index (χ0n) is 7.59. The van der Waals surface area contributed by atoms with E-state index in [2.05, 4.69) is 0 Å². The molecule has 2 heteroatoms. The first kappa shape index (κ1) is 8.63. The summed E-state index contributed by atoms with van der Waals surface area (Å²) in [6.45, 7) is 0. The van der Waals surface area contributed by atoms with Gasteiger partial charge in [0.05, 0.1) is 12.5 Å². The smallest absolute Gasteiger partial charge is 0.172 e. The highest BCUT2D eigenvalue weighted by Crippen LogP contribution is 2.14. The molecule has 0 aliphatic rings. The first-order valence-corrected chi connectivity index (χ1v) is 4.37. The third-order valence-electron chi connectivity index (χ3n) is 1.74. The SMILES string of the molecule is c1cc2occc2o1.c1ccccc1. The van der Waals surface area contributed by atoms with Crippen molar-refractivity contribution in [3.05, 3.63) is 61.1 Å². The van der Waals surface area contributed by atoms with E-state index in [9.17, 15) is 0 Å². The number of hydrogen-bond donors (Lipinski definition) is 0. The Kier molecular flexibility index (Phi) is 2.67. The van der Waals surface area contributed by atoms with Crippen molar-refractivity contribution in [3.8, 4) is 0 Å². The molecule has 3 rings (SSSR count). The van der Waals surface area contributed by atoms with E-state index in [1.165, 1.54) is 0 Å². The second-order valence-corrected chi connectivity index (χ2v) is 2.72. The lowest BCUT2D eigenvalue weighted by Crippen LogP contribution is -1.47. The van der Waals surface area contributed by atoms with E-state index in [0.29, 0.717) is 0 Å². The molecule has 3 aromatic rings. The van der Waals surface area contributed by atoms with Crippen molar-refractivity contribution in [3.63, 3.8) is 0 Å². The average Bonchev–Trinajstić information content (AvgIpc) is 2.82. The normalized spacial score (nSPS) is 9.43. The molecular formula is C12H10O2. The van der Waals surface area contributed by atoms with Gasteiger partial charge in [0.25, 0.3) is 0 Å². The van der Waals surface area contributed by atoms with Crippen molar-refractivity contribution in [1.29, 1.82) is 0 Å². The maximum absolute atomic E-state index is 4.96. The Morgan fingerprint density at radius 2 is 0.929 bits per heavy atom. The van der Waals surface area contributed by atoms with Gasteiger partial charge in [-0.25, -0.2) is 0 Å². The summed E-state index contributed by atoms with van der Waals surface area (Å²) in [5, 5.41) is 0. The van der Waals surface area contributed by atoms with E-state index in [-0.39, 0.29) is 0 Å². The molecule has 70 valence electrons. The Labute approximate surface area is 81.8 Å². The number of benzene rings is 1. The highest BCUT2D eigenvalue weighted by molar-refractivity contribution is 5.69. The molecule has 0 saturated heterocycles. The Morgan fingerprint density at radius 1 is 0.571 bits per heavy atom. The minimum absolute atomic E-state index is 0.810. The molecule has 2 heterocycles. The van der Waals surface area contributed by atoms with Crippen LogP contribution in [0.5, 0.6) is 0 Å². The molecule has 14 heavy (non-hydrogen) atoms. The lowest BCUT2D eigenvalue weighted by atomic mass is 10.4. The second kappa shape index (κ2) is 4.33. The van der Waals surface area contributed by atoms with Crippen LogP contribution in [0.1, 0.15) is 0 Å². The number of fused-ring (bicyclic) bond motifs is 1. The van der Waals surface area contributed by atoms with Crippen LogP contribution in [-0.4, -0.2) is 0 Å². The van der Waals surface area contributed by atoms with Gasteiger partial charge in [-0.3, -0.25) is 0 Å². The van der Waals surface area contributed by atoms with Crippen molar-refractivity contribution in [2.75, 3.05) is 0 Å². The third kappa shape index (κ3) is 2.04. The van der Waals surface area contributed by atoms with Crippen molar-refractivity contribution in [2.45, 2.75) is 0 Å². The summed E-state index contributed by atoms with van der Waals surface area (Å²) in [5.74, 6) is 0. The zero-order chi connectivity index (χ0) is 9.64. The fourth-order valence-electron chi connectivity index (χ4n) is 1.08. The molecule has 2 nitrogen and oxygen atoms in total. The minimum Gasteiger partial charge on any atom is -0.461 e. The highest BCUT2D eigenvalue weighted by Gasteiger charge is 1.94. The fraction of sp³-hybridized carbons (Fsp3) is 0. The van der Waals surface area contributed by atoms with Gasteiger partial charge < -0.3 is 8.83 Å². The van der Waals surface area contributed by atoms with Crippen molar-refractivity contribution in [2.24, 2.45) is 0 Å². The lowest BCUT2D eigenvalue weighted by Gasteiger charge is -1.69. The lowest BCUT2D eigenvalue weighted by molar-refractivity contribution is 0.609. The predicted octanol–water partition coefficient (Wildman–Crippen LogP) is 3.71.